The number of carbonyl (C=O) groups is 1. The van der Waals surface area contributed by atoms with Gasteiger partial charge in [-0.15, -0.1) is 0 Å². The van der Waals surface area contributed by atoms with E-state index in [0.29, 0.717) is 6.54 Å². The Hall–Kier alpha value is -2.36. The van der Waals surface area contributed by atoms with Gasteiger partial charge in [-0.2, -0.15) is 0 Å². The summed E-state index contributed by atoms with van der Waals surface area (Å²) >= 11 is 0. The predicted octanol–water partition coefficient (Wildman–Crippen LogP) is 2.12. The van der Waals surface area contributed by atoms with Crippen molar-refractivity contribution in [3.8, 4) is 0 Å². The summed E-state index contributed by atoms with van der Waals surface area (Å²) in [4.78, 5) is 14.6. The van der Waals surface area contributed by atoms with Crippen molar-refractivity contribution in [1.29, 1.82) is 0 Å². The Kier molecular flexibility index (Phi) is 6.30. The molecule has 8 nitrogen and oxygen atoms in total. The van der Waals surface area contributed by atoms with E-state index < -0.39 is 21.5 Å². The first-order valence-electron chi connectivity index (χ1n) is 9.48. The molecule has 3 rings (SSSR count). The van der Waals surface area contributed by atoms with E-state index in [1.807, 2.05) is 24.3 Å². The maximum absolute atomic E-state index is 12.3. The zero-order valence-electron chi connectivity index (χ0n) is 16.9. The van der Waals surface area contributed by atoms with Crippen LogP contribution in [0, 0.1) is 0 Å². The first-order chi connectivity index (χ1) is 13.6. The van der Waals surface area contributed by atoms with Crippen molar-refractivity contribution >= 4 is 21.6 Å². The molecule has 0 unspecified atom stereocenters. The molecule has 0 spiro atoms. The van der Waals surface area contributed by atoms with E-state index in [1.54, 1.807) is 20.8 Å². The number of ether oxygens (including phenoxy) is 1. The number of anilines is 1. The Labute approximate surface area is 171 Å². The number of rotatable bonds is 6. The molecule has 1 aliphatic heterocycles. The highest BCUT2D eigenvalue weighted by molar-refractivity contribution is 7.89. The topological polar surface area (TPSA) is 101 Å². The average molecular weight is 422 g/mol. The zero-order valence-corrected chi connectivity index (χ0v) is 17.7. The van der Waals surface area contributed by atoms with Gasteiger partial charge in [0.25, 0.3) is 15.9 Å². The lowest BCUT2D eigenvalue weighted by atomic mass is 10.1. The summed E-state index contributed by atoms with van der Waals surface area (Å²) in [6.07, 6.45) is 0. The molecule has 0 aliphatic carbocycles. The lowest BCUT2D eigenvalue weighted by Crippen LogP contribution is -2.40. The highest BCUT2D eigenvalue weighted by Gasteiger charge is 2.26. The third-order valence-corrected chi connectivity index (χ3v) is 5.91. The summed E-state index contributed by atoms with van der Waals surface area (Å²) in [6, 6.07) is 10.6. The molecule has 0 radical (unpaired) electrons. The molecule has 0 saturated carbocycles. The van der Waals surface area contributed by atoms with Gasteiger partial charge in [0.1, 0.15) is 0 Å². The fraction of sp³-hybridized carbons (Fsp3) is 0.450. The van der Waals surface area contributed by atoms with Crippen LogP contribution in [0.3, 0.4) is 0 Å². The number of benzene rings is 1. The standard InChI is InChI=1S/C20H27N3O5S/c1-20(2,3)22-29(25,26)18-9-8-17(28-18)19(24)21-14-15-4-6-16(7-5-15)23-10-12-27-13-11-23/h4-9,22H,10-14H2,1-3H3,(H,21,24). The van der Waals surface area contributed by atoms with Crippen LogP contribution in [0.25, 0.3) is 0 Å². The number of carbonyl (C=O) groups excluding carboxylic acids is 1. The third kappa shape index (κ3) is 5.81. The molecule has 0 atom stereocenters. The van der Waals surface area contributed by atoms with Crippen LogP contribution in [0.4, 0.5) is 5.69 Å². The van der Waals surface area contributed by atoms with Crippen molar-refractivity contribution in [3.05, 3.63) is 47.7 Å². The molecule has 1 aliphatic rings. The first kappa shape index (κ1) is 21.4. The van der Waals surface area contributed by atoms with Crippen LogP contribution in [-0.2, 0) is 21.3 Å². The number of nitrogens with zero attached hydrogens (tertiary/aromatic N) is 1. The van der Waals surface area contributed by atoms with Crippen molar-refractivity contribution in [2.75, 3.05) is 31.2 Å². The Bertz CT molecular complexity index is 939. The van der Waals surface area contributed by atoms with Crippen LogP contribution in [0.1, 0.15) is 36.9 Å². The number of sulfonamides is 1. The smallest absolute Gasteiger partial charge is 0.287 e. The Morgan fingerprint density at radius 2 is 1.72 bits per heavy atom. The Morgan fingerprint density at radius 1 is 1.07 bits per heavy atom. The molecular weight excluding hydrogens is 394 g/mol. The Morgan fingerprint density at radius 3 is 2.34 bits per heavy atom. The normalized spacial score (nSPS) is 15.3. The molecule has 1 amide bonds. The van der Waals surface area contributed by atoms with Crippen LogP contribution < -0.4 is 14.9 Å². The van der Waals surface area contributed by atoms with E-state index >= 15 is 0 Å². The number of hydrogen-bond acceptors (Lipinski definition) is 6. The van der Waals surface area contributed by atoms with Gasteiger partial charge in [-0.1, -0.05) is 12.1 Å². The lowest BCUT2D eigenvalue weighted by Gasteiger charge is -2.28. The molecule has 1 fully saturated rings. The molecule has 29 heavy (non-hydrogen) atoms. The average Bonchev–Trinajstić information content (AvgIpc) is 3.17. The maximum atomic E-state index is 12.3. The van der Waals surface area contributed by atoms with Crippen LogP contribution in [0.5, 0.6) is 0 Å². The van der Waals surface area contributed by atoms with Crippen molar-refractivity contribution in [3.63, 3.8) is 0 Å². The number of morpholine rings is 1. The van der Waals surface area contributed by atoms with Gasteiger partial charge < -0.3 is 19.4 Å². The summed E-state index contributed by atoms with van der Waals surface area (Å²) in [5, 5.41) is 2.46. The number of nitrogens with one attached hydrogen (secondary N) is 2. The first-order valence-corrected chi connectivity index (χ1v) is 11.0. The van der Waals surface area contributed by atoms with Gasteiger partial charge >= 0.3 is 0 Å². The minimum atomic E-state index is -3.82. The van der Waals surface area contributed by atoms with Gasteiger partial charge in [0.05, 0.1) is 13.2 Å². The van der Waals surface area contributed by atoms with Crippen molar-refractivity contribution < 1.29 is 22.4 Å². The van der Waals surface area contributed by atoms with Crippen LogP contribution in [0.2, 0.25) is 0 Å². The minimum absolute atomic E-state index is 0.0516. The summed E-state index contributed by atoms with van der Waals surface area (Å²) in [5.74, 6) is -0.524. The van der Waals surface area contributed by atoms with Gasteiger partial charge in [-0.05, 0) is 50.6 Å². The molecule has 1 aromatic heterocycles. The fourth-order valence-corrected chi connectivity index (χ4v) is 4.31. The lowest BCUT2D eigenvalue weighted by molar-refractivity contribution is 0.0917. The predicted molar refractivity (Wildman–Crippen MR) is 109 cm³/mol. The minimum Gasteiger partial charge on any atom is -0.438 e. The molecule has 1 aromatic carbocycles. The third-order valence-electron chi connectivity index (χ3n) is 4.28. The quantitative estimate of drug-likeness (QED) is 0.741. The zero-order chi connectivity index (χ0) is 21.1. The number of amides is 1. The van der Waals surface area contributed by atoms with E-state index in [1.165, 1.54) is 12.1 Å². The summed E-state index contributed by atoms with van der Waals surface area (Å²) in [7, 11) is -3.82. The fourth-order valence-electron chi connectivity index (χ4n) is 2.96. The van der Waals surface area contributed by atoms with E-state index in [9.17, 15) is 13.2 Å². The molecule has 158 valence electrons. The van der Waals surface area contributed by atoms with Crippen LogP contribution in [-0.4, -0.2) is 46.2 Å². The highest BCUT2D eigenvalue weighted by atomic mass is 32.2. The molecule has 0 bridgehead atoms. The van der Waals surface area contributed by atoms with Crippen molar-refractivity contribution in [1.82, 2.24) is 10.0 Å². The monoisotopic (exact) mass is 421 g/mol. The van der Waals surface area contributed by atoms with Crippen LogP contribution in [0.15, 0.2) is 45.9 Å². The van der Waals surface area contributed by atoms with Crippen molar-refractivity contribution in [2.45, 2.75) is 37.9 Å². The molecule has 2 N–H and O–H groups in total. The van der Waals surface area contributed by atoms with E-state index in [0.717, 1.165) is 37.6 Å². The second-order valence-electron chi connectivity index (χ2n) is 7.92. The number of hydrogen-bond donors (Lipinski definition) is 2. The highest BCUT2D eigenvalue weighted by Crippen LogP contribution is 2.18. The molecular formula is C20H27N3O5S. The van der Waals surface area contributed by atoms with E-state index in [4.69, 9.17) is 9.15 Å². The summed E-state index contributed by atoms with van der Waals surface area (Å²) in [6.45, 7) is 8.68. The number of furan rings is 1. The SMILES string of the molecule is CC(C)(C)NS(=O)(=O)c1ccc(C(=O)NCc2ccc(N3CCOCC3)cc2)o1. The van der Waals surface area contributed by atoms with Gasteiger partial charge in [0.15, 0.2) is 5.76 Å². The molecule has 9 heteroatoms. The van der Waals surface area contributed by atoms with E-state index in [-0.39, 0.29) is 10.9 Å². The molecule has 1 saturated heterocycles. The molecule has 2 aromatic rings. The van der Waals surface area contributed by atoms with Gasteiger partial charge in [-0.25, -0.2) is 13.1 Å². The largest absolute Gasteiger partial charge is 0.438 e. The van der Waals surface area contributed by atoms with Crippen molar-refractivity contribution in [2.24, 2.45) is 0 Å². The summed E-state index contributed by atoms with van der Waals surface area (Å²) < 4.78 is 37.7. The summed E-state index contributed by atoms with van der Waals surface area (Å²) in [5.41, 5.74) is 1.40. The van der Waals surface area contributed by atoms with Gasteiger partial charge in [-0.3, -0.25) is 4.79 Å². The second-order valence-corrected chi connectivity index (χ2v) is 9.54. The Balaban J connectivity index is 1.58. The molecule has 2 heterocycles. The van der Waals surface area contributed by atoms with E-state index in [2.05, 4.69) is 14.9 Å². The van der Waals surface area contributed by atoms with Gasteiger partial charge in [0, 0.05) is 30.9 Å². The van der Waals surface area contributed by atoms with Crippen LogP contribution >= 0.6 is 0 Å². The maximum Gasteiger partial charge on any atom is 0.287 e. The second kappa shape index (κ2) is 8.56. The van der Waals surface area contributed by atoms with Gasteiger partial charge in [0.2, 0.25) is 5.09 Å².